The molecule has 0 aliphatic carbocycles. The fourth-order valence-electron chi connectivity index (χ4n) is 2.72. The van der Waals surface area contributed by atoms with Gasteiger partial charge in [0.2, 0.25) is 5.91 Å². The molecular formula is C20H28IN5O4S. The zero-order chi connectivity index (χ0) is 22.4. The maximum atomic E-state index is 12.6. The van der Waals surface area contributed by atoms with Crippen molar-refractivity contribution in [1.29, 1.82) is 5.41 Å². The summed E-state index contributed by atoms with van der Waals surface area (Å²) < 4.78 is 4.56. The smallest absolute Gasteiger partial charge is 0.307 e. The summed E-state index contributed by atoms with van der Waals surface area (Å²) in [5.74, 6) is -0.668. The Balaban J connectivity index is 0.00000480. The SMILES string of the molecule is COC(=O)CCNC(=O)C1SC(=NC(=O)c2ccc(C(=N)N(C)C)cc2)N(C)C1C.I. The quantitative estimate of drug-likeness (QED) is 0.236. The number of methoxy groups -OCH3 is 1. The minimum atomic E-state index is -0.442. The number of hydrogen-bond acceptors (Lipinski definition) is 6. The third kappa shape index (κ3) is 6.92. The number of carbonyl (C=O) groups is 3. The lowest BCUT2D eigenvalue weighted by Gasteiger charge is -2.19. The number of rotatable bonds is 6. The van der Waals surface area contributed by atoms with Crippen molar-refractivity contribution in [3.63, 3.8) is 0 Å². The van der Waals surface area contributed by atoms with Gasteiger partial charge in [0.25, 0.3) is 5.91 Å². The van der Waals surface area contributed by atoms with Crippen LogP contribution in [0, 0.1) is 5.41 Å². The highest BCUT2D eigenvalue weighted by atomic mass is 127. The van der Waals surface area contributed by atoms with Gasteiger partial charge < -0.3 is 19.9 Å². The number of aliphatic imine (C=N–C) groups is 1. The van der Waals surface area contributed by atoms with Crippen LogP contribution < -0.4 is 5.32 Å². The molecule has 0 aromatic heterocycles. The molecule has 2 atom stereocenters. The van der Waals surface area contributed by atoms with Crippen LogP contribution in [0.5, 0.6) is 0 Å². The maximum Gasteiger partial charge on any atom is 0.307 e. The number of carbonyl (C=O) groups excluding carboxylic acids is 3. The van der Waals surface area contributed by atoms with E-state index in [4.69, 9.17) is 5.41 Å². The topological polar surface area (TPSA) is 115 Å². The van der Waals surface area contributed by atoms with Gasteiger partial charge in [0.05, 0.1) is 13.5 Å². The van der Waals surface area contributed by atoms with Gasteiger partial charge in [-0.1, -0.05) is 23.9 Å². The largest absolute Gasteiger partial charge is 0.469 e. The number of esters is 1. The highest BCUT2D eigenvalue weighted by Gasteiger charge is 2.39. The zero-order valence-electron chi connectivity index (χ0n) is 18.2. The van der Waals surface area contributed by atoms with Crippen LogP contribution in [-0.4, -0.2) is 84.7 Å². The molecule has 2 N–H and O–H groups in total. The second-order valence-electron chi connectivity index (χ2n) is 7.03. The molecule has 1 heterocycles. The van der Waals surface area contributed by atoms with Crippen LogP contribution in [0.3, 0.4) is 0 Å². The average Bonchev–Trinajstić information content (AvgIpc) is 3.01. The van der Waals surface area contributed by atoms with Gasteiger partial charge in [0.1, 0.15) is 11.1 Å². The molecule has 0 bridgehead atoms. The van der Waals surface area contributed by atoms with E-state index in [9.17, 15) is 14.4 Å². The van der Waals surface area contributed by atoms with Crippen LogP contribution in [0.2, 0.25) is 0 Å². The molecule has 11 heteroatoms. The third-order valence-electron chi connectivity index (χ3n) is 4.75. The molecule has 1 aliphatic rings. The van der Waals surface area contributed by atoms with Crippen LogP contribution in [0.25, 0.3) is 0 Å². The molecule has 1 fully saturated rings. The van der Waals surface area contributed by atoms with E-state index in [-0.39, 0.29) is 54.9 Å². The molecule has 1 saturated heterocycles. The van der Waals surface area contributed by atoms with Gasteiger partial charge >= 0.3 is 5.97 Å². The lowest BCUT2D eigenvalue weighted by atomic mass is 10.1. The number of thioether (sulfide) groups is 1. The number of ether oxygens (including phenoxy) is 1. The van der Waals surface area contributed by atoms with Crippen LogP contribution in [-0.2, 0) is 14.3 Å². The van der Waals surface area contributed by atoms with Crippen molar-refractivity contribution in [2.75, 3.05) is 34.8 Å². The Kier molecular flexibility index (Phi) is 10.4. The summed E-state index contributed by atoms with van der Waals surface area (Å²) in [5, 5.41) is 10.7. The van der Waals surface area contributed by atoms with Crippen LogP contribution in [0.15, 0.2) is 29.3 Å². The summed E-state index contributed by atoms with van der Waals surface area (Å²) in [7, 11) is 6.65. The predicted octanol–water partition coefficient (Wildman–Crippen LogP) is 1.80. The fourth-order valence-corrected chi connectivity index (χ4v) is 3.99. The van der Waals surface area contributed by atoms with Crippen molar-refractivity contribution < 1.29 is 19.1 Å². The van der Waals surface area contributed by atoms with Gasteiger partial charge in [-0.15, -0.1) is 24.0 Å². The first-order chi connectivity index (χ1) is 14.1. The van der Waals surface area contributed by atoms with Gasteiger partial charge in [-0.05, 0) is 19.1 Å². The van der Waals surface area contributed by atoms with E-state index in [1.54, 1.807) is 55.2 Å². The molecule has 1 aromatic carbocycles. The van der Waals surface area contributed by atoms with Crippen LogP contribution in [0.4, 0.5) is 0 Å². The summed E-state index contributed by atoms with van der Waals surface area (Å²) in [4.78, 5) is 43.9. The van der Waals surface area contributed by atoms with E-state index in [0.717, 1.165) is 0 Å². The van der Waals surface area contributed by atoms with E-state index >= 15 is 0 Å². The van der Waals surface area contributed by atoms with Gasteiger partial charge in [0, 0.05) is 44.9 Å². The number of nitrogens with one attached hydrogen (secondary N) is 2. The average molecular weight is 561 g/mol. The Hall–Kier alpha value is -2.15. The predicted molar refractivity (Wildman–Crippen MR) is 132 cm³/mol. The minimum absolute atomic E-state index is 0. The minimum Gasteiger partial charge on any atom is -0.469 e. The van der Waals surface area contributed by atoms with Crippen molar-refractivity contribution in [3.8, 4) is 0 Å². The molecule has 2 amide bonds. The standard InChI is InChI=1S/C20H27N5O4S.HI/c1-12-16(19(28)22-11-10-15(26)29-5)30-20(25(12)4)23-18(27)14-8-6-13(7-9-14)17(21)24(2)3;/h6-9,12,16,21H,10-11H2,1-5H3,(H,22,28);1H. The van der Waals surface area contributed by atoms with E-state index in [2.05, 4.69) is 15.0 Å². The first kappa shape index (κ1) is 26.9. The molecule has 0 spiro atoms. The molecule has 0 saturated carbocycles. The van der Waals surface area contributed by atoms with E-state index in [1.165, 1.54) is 18.9 Å². The molecule has 2 rings (SSSR count). The highest BCUT2D eigenvalue weighted by molar-refractivity contribution is 14.0. The Bertz CT molecular complexity index is 860. The van der Waals surface area contributed by atoms with Crippen LogP contribution in [0.1, 0.15) is 29.3 Å². The Morgan fingerprint density at radius 2 is 1.81 bits per heavy atom. The molecule has 1 aromatic rings. The summed E-state index contributed by atoms with van der Waals surface area (Å²) in [6, 6.07) is 6.53. The summed E-state index contributed by atoms with van der Waals surface area (Å²) >= 11 is 1.22. The van der Waals surface area contributed by atoms with Gasteiger partial charge in [-0.3, -0.25) is 19.8 Å². The Morgan fingerprint density at radius 3 is 2.35 bits per heavy atom. The fraction of sp³-hybridized carbons (Fsp3) is 0.450. The third-order valence-corrected chi connectivity index (χ3v) is 6.20. The molecular weight excluding hydrogens is 533 g/mol. The molecule has 2 unspecified atom stereocenters. The normalized spacial score (nSPS) is 18.9. The van der Waals surface area contributed by atoms with Gasteiger partial charge in [0.15, 0.2) is 5.17 Å². The molecule has 9 nitrogen and oxygen atoms in total. The molecule has 170 valence electrons. The number of benzene rings is 1. The molecule has 0 radical (unpaired) electrons. The Morgan fingerprint density at radius 1 is 1.23 bits per heavy atom. The van der Waals surface area contributed by atoms with E-state index in [1.807, 2.05) is 6.92 Å². The first-order valence-electron chi connectivity index (χ1n) is 9.39. The second kappa shape index (κ2) is 12.0. The number of nitrogens with zero attached hydrogens (tertiary/aromatic N) is 3. The molecule has 1 aliphatic heterocycles. The first-order valence-corrected chi connectivity index (χ1v) is 10.3. The lowest BCUT2D eigenvalue weighted by Crippen LogP contribution is -2.41. The summed E-state index contributed by atoms with van der Waals surface area (Å²) in [5.41, 5.74) is 1.11. The number of hydrogen-bond donors (Lipinski definition) is 2. The van der Waals surface area contributed by atoms with Crippen molar-refractivity contribution in [1.82, 2.24) is 15.1 Å². The summed E-state index contributed by atoms with van der Waals surface area (Å²) in [6.45, 7) is 2.07. The number of amidine groups is 2. The van der Waals surface area contributed by atoms with Crippen LogP contribution >= 0.6 is 35.7 Å². The zero-order valence-corrected chi connectivity index (χ0v) is 21.3. The molecule has 31 heavy (non-hydrogen) atoms. The lowest BCUT2D eigenvalue weighted by molar-refractivity contribution is -0.140. The van der Waals surface area contributed by atoms with Gasteiger partial charge in [-0.25, -0.2) is 0 Å². The van der Waals surface area contributed by atoms with Gasteiger partial charge in [-0.2, -0.15) is 4.99 Å². The van der Waals surface area contributed by atoms with Crippen molar-refractivity contribution >= 4 is 64.5 Å². The van der Waals surface area contributed by atoms with Crippen molar-refractivity contribution in [2.45, 2.75) is 24.6 Å². The van der Waals surface area contributed by atoms with Crippen molar-refractivity contribution in [2.24, 2.45) is 4.99 Å². The second-order valence-corrected chi connectivity index (χ2v) is 8.14. The Labute approximate surface area is 203 Å². The number of halogens is 1. The maximum absolute atomic E-state index is 12.6. The monoisotopic (exact) mass is 561 g/mol. The highest BCUT2D eigenvalue weighted by Crippen LogP contribution is 2.31. The van der Waals surface area contributed by atoms with E-state index < -0.39 is 11.2 Å². The van der Waals surface area contributed by atoms with Crippen molar-refractivity contribution in [3.05, 3.63) is 35.4 Å². The number of amides is 2. The van der Waals surface area contributed by atoms with E-state index in [0.29, 0.717) is 22.1 Å². The summed E-state index contributed by atoms with van der Waals surface area (Å²) in [6.07, 6.45) is 0.102.